The number of aryl methyl sites for hydroxylation is 1. The summed E-state index contributed by atoms with van der Waals surface area (Å²) in [6.07, 6.45) is 1.71. The van der Waals surface area contributed by atoms with Crippen molar-refractivity contribution in [3.05, 3.63) is 18.0 Å². The van der Waals surface area contributed by atoms with E-state index in [0.29, 0.717) is 10.9 Å². The Balaban J connectivity index is 2.50. The zero-order valence-corrected chi connectivity index (χ0v) is 9.47. The largest absolute Gasteiger partial charge is 0.298 e. The Hall–Kier alpha value is -0.900. The molecule has 0 amide bonds. The number of hydrogen-bond donors (Lipinski definition) is 0. The highest BCUT2D eigenvalue weighted by atomic mass is 32.2. The van der Waals surface area contributed by atoms with E-state index >= 15 is 0 Å². The number of carbonyl (C=O) groups excluding carboxylic acids is 1. The van der Waals surface area contributed by atoms with Gasteiger partial charge in [-0.3, -0.25) is 4.79 Å². The first-order valence-electron chi connectivity index (χ1n) is 4.54. The summed E-state index contributed by atoms with van der Waals surface area (Å²) in [5, 5.41) is 0.680. The molecule has 0 radical (unpaired) electrons. The number of aromatic nitrogens is 2. The Kier molecular flexibility index (Phi) is 4.07. The Morgan fingerprint density at radius 1 is 1.57 bits per heavy atom. The van der Waals surface area contributed by atoms with Crippen LogP contribution in [0.3, 0.4) is 0 Å². The summed E-state index contributed by atoms with van der Waals surface area (Å²) in [5.41, 5.74) is 0.930. The van der Waals surface area contributed by atoms with Crippen molar-refractivity contribution in [1.82, 2.24) is 9.97 Å². The van der Waals surface area contributed by atoms with Crippen LogP contribution in [0.15, 0.2) is 17.4 Å². The smallest absolute Gasteiger partial charge is 0.188 e. The predicted octanol–water partition coefficient (Wildman–Crippen LogP) is 2.10. The van der Waals surface area contributed by atoms with Crippen molar-refractivity contribution >= 4 is 17.5 Å². The lowest BCUT2D eigenvalue weighted by Crippen LogP contribution is -2.09. The average Bonchev–Trinajstić information content (AvgIpc) is 2.14. The minimum atomic E-state index is 0.0901. The van der Waals surface area contributed by atoms with Crippen LogP contribution in [0.4, 0.5) is 0 Å². The molecule has 0 saturated carbocycles. The van der Waals surface area contributed by atoms with Crippen LogP contribution in [0.2, 0.25) is 0 Å². The van der Waals surface area contributed by atoms with Crippen molar-refractivity contribution < 1.29 is 4.79 Å². The normalized spacial score (nSPS) is 10.6. The molecule has 1 aromatic rings. The highest BCUT2D eigenvalue weighted by molar-refractivity contribution is 7.99. The van der Waals surface area contributed by atoms with Crippen LogP contribution < -0.4 is 0 Å². The molecule has 1 heterocycles. The van der Waals surface area contributed by atoms with Crippen molar-refractivity contribution in [2.45, 2.75) is 25.9 Å². The summed E-state index contributed by atoms with van der Waals surface area (Å²) < 4.78 is 0. The third-order valence-electron chi connectivity index (χ3n) is 1.76. The van der Waals surface area contributed by atoms with E-state index in [4.69, 9.17) is 0 Å². The number of rotatable bonds is 4. The van der Waals surface area contributed by atoms with Crippen LogP contribution >= 0.6 is 11.8 Å². The minimum absolute atomic E-state index is 0.0901. The first-order valence-corrected chi connectivity index (χ1v) is 5.53. The number of ketones is 1. The van der Waals surface area contributed by atoms with Gasteiger partial charge in [-0.1, -0.05) is 25.6 Å². The van der Waals surface area contributed by atoms with Gasteiger partial charge in [-0.05, 0) is 13.0 Å². The van der Waals surface area contributed by atoms with E-state index in [1.54, 1.807) is 6.20 Å². The van der Waals surface area contributed by atoms with Gasteiger partial charge in [0.2, 0.25) is 0 Å². The quantitative estimate of drug-likeness (QED) is 0.564. The fourth-order valence-electron chi connectivity index (χ4n) is 0.798. The van der Waals surface area contributed by atoms with E-state index in [2.05, 4.69) is 9.97 Å². The molecule has 0 saturated heterocycles. The highest BCUT2D eigenvalue weighted by Crippen LogP contribution is 2.13. The zero-order valence-electron chi connectivity index (χ0n) is 8.65. The average molecular weight is 210 g/mol. The van der Waals surface area contributed by atoms with E-state index in [1.807, 2.05) is 26.8 Å². The summed E-state index contributed by atoms with van der Waals surface area (Å²) >= 11 is 1.40. The van der Waals surface area contributed by atoms with Crippen LogP contribution in [0.25, 0.3) is 0 Å². The number of carbonyl (C=O) groups is 1. The fourth-order valence-corrected chi connectivity index (χ4v) is 1.75. The molecule has 1 rings (SSSR count). The SMILES string of the molecule is Cc1ccnc(SCC(=O)C(C)C)n1. The highest BCUT2D eigenvalue weighted by Gasteiger charge is 2.08. The lowest BCUT2D eigenvalue weighted by atomic mass is 10.1. The van der Waals surface area contributed by atoms with Crippen LogP contribution in [-0.2, 0) is 4.79 Å². The molecule has 0 atom stereocenters. The molecule has 0 aromatic carbocycles. The van der Waals surface area contributed by atoms with E-state index in [-0.39, 0.29) is 11.7 Å². The Morgan fingerprint density at radius 2 is 2.29 bits per heavy atom. The topological polar surface area (TPSA) is 42.9 Å². The summed E-state index contributed by atoms with van der Waals surface area (Å²) in [5.74, 6) is 0.786. The molecule has 0 unspecified atom stereocenters. The standard InChI is InChI=1S/C10H14N2OS/c1-7(2)9(13)6-14-10-11-5-4-8(3)12-10/h4-5,7H,6H2,1-3H3. The Bertz CT molecular complexity index is 326. The molecular formula is C10H14N2OS. The molecule has 0 aliphatic rings. The van der Waals surface area contributed by atoms with Gasteiger partial charge in [0.25, 0.3) is 0 Å². The Labute approximate surface area is 88.3 Å². The molecule has 0 aliphatic heterocycles. The maximum Gasteiger partial charge on any atom is 0.188 e. The van der Waals surface area contributed by atoms with Crippen molar-refractivity contribution in [1.29, 1.82) is 0 Å². The van der Waals surface area contributed by atoms with Gasteiger partial charge in [0.1, 0.15) is 5.78 Å². The van der Waals surface area contributed by atoms with E-state index in [9.17, 15) is 4.79 Å². The molecule has 0 spiro atoms. The molecule has 4 heteroatoms. The third-order valence-corrected chi connectivity index (χ3v) is 2.64. The molecule has 0 N–H and O–H groups in total. The first kappa shape index (κ1) is 11.2. The molecule has 14 heavy (non-hydrogen) atoms. The van der Waals surface area contributed by atoms with E-state index in [0.717, 1.165) is 5.69 Å². The second-order valence-corrected chi connectivity index (χ2v) is 4.33. The molecule has 0 aliphatic carbocycles. The van der Waals surface area contributed by atoms with Gasteiger partial charge < -0.3 is 0 Å². The zero-order chi connectivity index (χ0) is 10.6. The second-order valence-electron chi connectivity index (χ2n) is 3.39. The molecule has 0 bridgehead atoms. The lowest BCUT2D eigenvalue weighted by molar-refractivity contribution is -0.119. The lowest BCUT2D eigenvalue weighted by Gasteiger charge is -2.02. The number of Topliss-reactive ketones (excluding diaryl/α,β-unsaturated/α-hetero) is 1. The second kappa shape index (κ2) is 5.10. The van der Waals surface area contributed by atoms with Crippen LogP contribution in [0.1, 0.15) is 19.5 Å². The van der Waals surface area contributed by atoms with Crippen LogP contribution in [0, 0.1) is 12.8 Å². The molecule has 0 fully saturated rings. The number of thioether (sulfide) groups is 1. The van der Waals surface area contributed by atoms with Gasteiger partial charge in [0, 0.05) is 17.8 Å². The van der Waals surface area contributed by atoms with Gasteiger partial charge in [-0.25, -0.2) is 9.97 Å². The maximum atomic E-state index is 11.3. The molecule has 1 aromatic heterocycles. The van der Waals surface area contributed by atoms with Gasteiger partial charge in [-0.15, -0.1) is 0 Å². The summed E-state index contributed by atoms with van der Waals surface area (Å²) in [4.78, 5) is 19.6. The van der Waals surface area contributed by atoms with Crippen molar-refractivity contribution in [3.8, 4) is 0 Å². The maximum absolute atomic E-state index is 11.3. The molecular weight excluding hydrogens is 196 g/mol. The number of hydrogen-bond acceptors (Lipinski definition) is 4. The van der Waals surface area contributed by atoms with Gasteiger partial charge in [0.15, 0.2) is 5.16 Å². The monoisotopic (exact) mass is 210 g/mol. The van der Waals surface area contributed by atoms with E-state index < -0.39 is 0 Å². The van der Waals surface area contributed by atoms with E-state index in [1.165, 1.54) is 11.8 Å². The summed E-state index contributed by atoms with van der Waals surface area (Å²) in [6.45, 7) is 5.72. The molecule has 76 valence electrons. The van der Waals surface area contributed by atoms with Gasteiger partial charge in [-0.2, -0.15) is 0 Å². The van der Waals surface area contributed by atoms with Crippen molar-refractivity contribution in [3.63, 3.8) is 0 Å². The first-order chi connectivity index (χ1) is 6.59. The van der Waals surface area contributed by atoms with Crippen molar-refractivity contribution in [2.24, 2.45) is 5.92 Å². The van der Waals surface area contributed by atoms with Gasteiger partial charge in [0.05, 0.1) is 5.75 Å². The van der Waals surface area contributed by atoms with Crippen molar-refractivity contribution in [2.75, 3.05) is 5.75 Å². The minimum Gasteiger partial charge on any atom is -0.298 e. The molecule has 3 nitrogen and oxygen atoms in total. The van der Waals surface area contributed by atoms with Crippen LogP contribution in [0.5, 0.6) is 0 Å². The fraction of sp³-hybridized carbons (Fsp3) is 0.500. The van der Waals surface area contributed by atoms with Gasteiger partial charge >= 0.3 is 0 Å². The predicted molar refractivity (Wildman–Crippen MR) is 57.3 cm³/mol. The Morgan fingerprint density at radius 3 is 2.86 bits per heavy atom. The third kappa shape index (κ3) is 3.46. The summed E-state index contributed by atoms with van der Waals surface area (Å²) in [6, 6.07) is 1.84. The summed E-state index contributed by atoms with van der Waals surface area (Å²) in [7, 11) is 0. The van der Waals surface area contributed by atoms with Crippen LogP contribution in [-0.4, -0.2) is 21.5 Å². The number of nitrogens with zero attached hydrogens (tertiary/aromatic N) is 2.